The number of aromatic nitrogens is 2. The molecule has 4 nitrogen and oxygen atoms in total. The maximum absolute atomic E-state index is 12.8. The summed E-state index contributed by atoms with van der Waals surface area (Å²) < 4.78 is 39.4. The molecule has 0 unspecified atom stereocenters. The van der Waals surface area contributed by atoms with E-state index < -0.39 is 17.3 Å². The molecule has 2 aromatic carbocycles. The van der Waals surface area contributed by atoms with Gasteiger partial charge >= 0.3 is 6.18 Å². The van der Waals surface area contributed by atoms with E-state index in [2.05, 4.69) is 5.10 Å². The number of alkyl halides is 3. The molecule has 0 bridgehead atoms. The first-order valence-corrected chi connectivity index (χ1v) is 8.51. The molecule has 9 heteroatoms. The zero-order valence-electron chi connectivity index (χ0n) is 13.7. The zero-order valence-corrected chi connectivity index (χ0v) is 15.3. The number of aromatic amines is 1. The maximum atomic E-state index is 12.8. The molecule has 140 valence electrons. The van der Waals surface area contributed by atoms with Crippen molar-refractivity contribution in [2.75, 3.05) is 0 Å². The molecule has 3 N–H and O–H groups in total. The van der Waals surface area contributed by atoms with Gasteiger partial charge in [-0.25, -0.2) is 0 Å². The number of hydrogen-bond acceptors (Lipinski definition) is 2. The van der Waals surface area contributed by atoms with Gasteiger partial charge in [0.05, 0.1) is 11.3 Å². The Labute approximate surface area is 162 Å². The molecular formula is C18H13ClF3N3OS. The van der Waals surface area contributed by atoms with Gasteiger partial charge in [-0.2, -0.15) is 17.9 Å². The van der Waals surface area contributed by atoms with E-state index in [0.717, 1.165) is 22.4 Å². The molecule has 1 heterocycles. The molecule has 0 amide bonds. The van der Waals surface area contributed by atoms with Crippen LogP contribution in [0.3, 0.4) is 0 Å². The number of thiocarbonyl (C=S) groups is 1. The molecule has 3 rings (SSSR count). The number of rotatable bonds is 3. The Balaban J connectivity index is 2.10. The van der Waals surface area contributed by atoms with E-state index in [4.69, 9.17) is 29.6 Å². The monoisotopic (exact) mass is 411 g/mol. The van der Waals surface area contributed by atoms with Gasteiger partial charge in [0.25, 0.3) is 5.56 Å². The first-order chi connectivity index (χ1) is 12.7. The second-order valence-corrected chi connectivity index (χ2v) is 6.68. The van der Waals surface area contributed by atoms with Gasteiger partial charge in [-0.1, -0.05) is 35.9 Å². The third kappa shape index (κ3) is 4.06. The van der Waals surface area contributed by atoms with Crippen LogP contribution in [0.1, 0.15) is 16.7 Å². The van der Waals surface area contributed by atoms with Crippen LogP contribution in [-0.2, 0) is 12.6 Å². The summed E-state index contributed by atoms with van der Waals surface area (Å²) in [4.78, 5) is 12.7. The summed E-state index contributed by atoms with van der Waals surface area (Å²) in [5.41, 5.74) is 6.17. The van der Waals surface area contributed by atoms with Gasteiger partial charge in [-0.15, -0.1) is 0 Å². The number of nitrogens with two attached hydrogens (primary N) is 1. The standard InChI is InChI=1S/C18H13ClF3N3OS/c19-13-3-1-2-10(8-13)9-14-15(24-25(16(14)26)17(23)27)11-4-6-12(7-5-11)18(20,21)22/h1-8,24H,9H2,(H2,23,27). The summed E-state index contributed by atoms with van der Waals surface area (Å²) in [6.45, 7) is 0. The van der Waals surface area contributed by atoms with Crippen molar-refractivity contribution < 1.29 is 13.2 Å². The predicted molar refractivity (Wildman–Crippen MR) is 102 cm³/mol. The number of nitrogens with zero attached hydrogens (tertiary/aromatic N) is 1. The predicted octanol–water partition coefficient (Wildman–Crippen LogP) is 4.20. The third-order valence-electron chi connectivity index (χ3n) is 3.98. The van der Waals surface area contributed by atoms with Gasteiger partial charge in [0.15, 0.2) is 5.11 Å². The summed E-state index contributed by atoms with van der Waals surface area (Å²) in [5, 5.41) is 3.10. The quantitative estimate of drug-likeness (QED) is 0.635. The van der Waals surface area contributed by atoms with Crippen molar-refractivity contribution in [3.63, 3.8) is 0 Å². The zero-order chi connectivity index (χ0) is 19.8. The Morgan fingerprint density at radius 2 is 1.85 bits per heavy atom. The Morgan fingerprint density at radius 1 is 1.19 bits per heavy atom. The maximum Gasteiger partial charge on any atom is 0.416 e. The van der Waals surface area contributed by atoms with E-state index in [-0.39, 0.29) is 11.5 Å². The molecular weight excluding hydrogens is 399 g/mol. The van der Waals surface area contributed by atoms with Crippen LogP contribution in [0.25, 0.3) is 11.3 Å². The lowest BCUT2D eigenvalue weighted by atomic mass is 10.0. The first-order valence-electron chi connectivity index (χ1n) is 7.72. The Bertz CT molecular complexity index is 1050. The Hall–Kier alpha value is -2.58. The fourth-order valence-electron chi connectivity index (χ4n) is 2.71. The van der Waals surface area contributed by atoms with Crippen molar-refractivity contribution in [3.05, 3.63) is 80.6 Å². The van der Waals surface area contributed by atoms with Crippen molar-refractivity contribution in [1.82, 2.24) is 9.78 Å². The van der Waals surface area contributed by atoms with Crippen LogP contribution in [0.5, 0.6) is 0 Å². The smallest absolute Gasteiger partial charge is 0.374 e. The van der Waals surface area contributed by atoms with Crippen LogP contribution in [-0.4, -0.2) is 14.9 Å². The van der Waals surface area contributed by atoms with E-state index in [1.165, 1.54) is 12.1 Å². The van der Waals surface area contributed by atoms with Crippen molar-refractivity contribution in [2.45, 2.75) is 12.6 Å². The van der Waals surface area contributed by atoms with Crippen LogP contribution in [0.2, 0.25) is 5.02 Å². The van der Waals surface area contributed by atoms with E-state index in [9.17, 15) is 18.0 Å². The lowest BCUT2D eigenvalue weighted by Crippen LogP contribution is -2.30. The molecule has 0 radical (unpaired) electrons. The molecule has 0 fully saturated rings. The van der Waals surface area contributed by atoms with Gasteiger partial charge in [-0.05, 0) is 47.6 Å². The van der Waals surface area contributed by atoms with E-state index in [0.29, 0.717) is 21.8 Å². The highest BCUT2D eigenvalue weighted by Gasteiger charge is 2.30. The van der Waals surface area contributed by atoms with Crippen LogP contribution in [0, 0.1) is 0 Å². The molecule has 0 aliphatic heterocycles. The summed E-state index contributed by atoms with van der Waals surface area (Å²) in [6, 6.07) is 11.4. The second-order valence-electron chi connectivity index (χ2n) is 5.83. The highest BCUT2D eigenvalue weighted by Crippen LogP contribution is 2.31. The minimum atomic E-state index is -4.44. The number of halogens is 4. The number of nitrogens with one attached hydrogen (secondary N) is 1. The molecule has 0 spiro atoms. The highest BCUT2D eigenvalue weighted by molar-refractivity contribution is 7.80. The van der Waals surface area contributed by atoms with Gasteiger partial charge in [-0.3, -0.25) is 9.89 Å². The van der Waals surface area contributed by atoms with E-state index in [1.54, 1.807) is 24.3 Å². The van der Waals surface area contributed by atoms with Crippen LogP contribution in [0.4, 0.5) is 13.2 Å². The lowest BCUT2D eigenvalue weighted by Gasteiger charge is -2.08. The highest BCUT2D eigenvalue weighted by atomic mass is 35.5. The number of H-pyrrole nitrogens is 1. The summed E-state index contributed by atoms with van der Waals surface area (Å²) in [6.07, 6.45) is -4.23. The molecule has 0 aliphatic carbocycles. The normalized spacial score (nSPS) is 11.6. The van der Waals surface area contributed by atoms with Crippen molar-refractivity contribution in [1.29, 1.82) is 0 Å². The van der Waals surface area contributed by atoms with Gasteiger partial charge in [0.2, 0.25) is 0 Å². The number of benzene rings is 2. The summed E-state index contributed by atoms with van der Waals surface area (Å²) in [5.74, 6) is 0. The fourth-order valence-corrected chi connectivity index (χ4v) is 3.05. The summed E-state index contributed by atoms with van der Waals surface area (Å²) in [7, 11) is 0. The minimum absolute atomic E-state index is 0.189. The molecule has 1 aromatic heterocycles. The molecule has 0 saturated heterocycles. The van der Waals surface area contributed by atoms with Gasteiger partial charge in [0.1, 0.15) is 0 Å². The van der Waals surface area contributed by atoms with Gasteiger partial charge < -0.3 is 5.73 Å². The minimum Gasteiger partial charge on any atom is -0.374 e. The van der Waals surface area contributed by atoms with Gasteiger partial charge in [0, 0.05) is 17.0 Å². The molecule has 27 heavy (non-hydrogen) atoms. The van der Waals surface area contributed by atoms with Crippen molar-refractivity contribution in [2.24, 2.45) is 5.73 Å². The number of hydrogen-bond donors (Lipinski definition) is 2. The molecule has 3 aromatic rings. The van der Waals surface area contributed by atoms with Crippen LogP contribution in [0.15, 0.2) is 53.3 Å². The topological polar surface area (TPSA) is 63.8 Å². The Morgan fingerprint density at radius 3 is 2.41 bits per heavy atom. The van der Waals surface area contributed by atoms with E-state index in [1.807, 2.05) is 0 Å². The lowest BCUT2D eigenvalue weighted by molar-refractivity contribution is -0.137. The van der Waals surface area contributed by atoms with Crippen LogP contribution < -0.4 is 11.3 Å². The largest absolute Gasteiger partial charge is 0.416 e. The molecule has 0 atom stereocenters. The van der Waals surface area contributed by atoms with E-state index >= 15 is 0 Å². The van der Waals surface area contributed by atoms with Crippen molar-refractivity contribution in [3.8, 4) is 11.3 Å². The average molecular weight is 412 g/mol. The second kappa shape index (κ2) is 7.21. The molecule has 0 saturated carbocycles. The van der Waals surface area contributed by atoms with Crippen LogP contribution >= 0.6 is 23.8 Å². The fraction of sp³-hybridized carbons (Fsp3) is 0.111. The molecule has 0 aliphatic rings. The Kier molecular flexibility index (Phi) is 5.12. The average Bonchev–Trinajstić information content (AvgIpc) is 2.91. The summed E-state index contributed by atoms with van der Waals surface area (Å²) >= 11 is 10.9. The first kappa shape index (κ1) is 19.2. The third-order valence-corrected chi connectivity index (χ3v) is 4.40. The SMILES string of the molecule is NC(=S)n1[nH]c(-c2ccc(C(F)(F)F)cc2)c(Cc2cccc(Cl)c2)c1=O. The van der Waals surface area contributed by atoms with Crippen molar-refractivity contribution >= 4 is 28.9 Å².